The van der Waals surface area contributed by atoms with Gasteiger partial charge in [-0.3, -0.25) is 0 Å². The normalized spacial score (nSPS) is 11.8. The van der Waals surface area contributed by atoms with Crippen LogP contribution in [0.4, 0.5) is 0 Å². The molecule has 0 saturated heterocycles. The van der Waals surface area contributed by atoms with E-state index >= 15 is 0 Å². The number of hydrogen-bond acceptors (Lipinski definition) is 2. The molecule has 0 heterocycles. The van der Waals surface area contributed by atoms with E-state index in [-0.39, 0.29) is 5.75 Å². The fourth-order valence-electron chi connectivity index (χ4n) is 0.572. The third kappa shape index (κ3) is 7.95. The Balaban J connectivity index is 3.30. The highest BCUT2D eigenvalue weighted by atomic mass is 32.2. The molecule has 0 amide bonds. The molecule has 0 spiro atoms. The minimum absolute atomic E-state index is 0.237. The van der Waals surface area contributed by atoms with Gasteiger partial charge in [-0.05, 0) is 6.42 Å². The first-order chi connectivity index (χ1) is 4.06. The third-order valence-corrected chi connectivity index (χ3v) is 1.97. The minimum Gasteiger partial charge on any atom is -0.229 e. The van der Waals surface area contributed by atoms with Gasteiger partial charge in [-0.15, -0.1) is 0 Å². The SMILES string of the molecule is [CH2]S(=O)(=O)CCCCC. The molecule has 1 radical (unpaired) electrons. The van der Waals surface area contributed by atoms with E-state index in [0.717, 1.165) is 19.3 Å². The van der Waals surface area contributed by atoms with Crippen LogP contribution >= 0.6 is 0 Å². The van der Waals surface area contributed by atoms with Crippen LogP contribution in [-0.2, 0) is 9.84 Å². The van der Waals surface area contributed by atoms with Gasteiger partial charge < -0.3 is 0 Å². The van der Waals surface area contributed by atoms with Crippen molar-refractivity contribution in [2.75, 3.05) is 5.75 Å². The highest BCUT2D eigenvalue weighted by Gasteiger charge is 1.99. The molecule has 0 unspecified atom stereocenters. The van der Waals surface area contributed by atoms with Gasteiger partial charge in [0.05, 0.1) is 12.0 Å². The molecule has 3 heteroatoms. The highest BCUT2D eigenvalue weighted by Crippen LogP contribution is 1.97. The Kier molecular flexibility index (Phi) is 3.86. The van der Waals surface area contributed by atoms with Crippen molar-refractivity contribution in [2.45, 2.75) is 26.2 Å². The molecule has 55 valence electrons. The van der Waals surface area contributed by atoms with Gasteiger partial charge in [0.2, 0.25) is 0 Å². The lowest BCUT2D eigenvalue weighted by molar-refractivity contribution is 0.599. The Bertz CT molecular complexity index is 146. The zero-order valence-electron chi connectivity index (χ0n) is 5.76. The molecule has 0 fully saturated rings. The summed E-state index contributed by atoms with van der Waals surface area (Å²) >= 11 is 0. The van der Waals surface area contributed by atoms with Crippen LogP contribution in [0.3, 0.4) is 0 Å². The van der Waals surface area contributed by atoms with E-state index in [1.807, 2.05) is 6.92 Å². The largest absolute Gasteiger partial charge is 0.229 e. The summed E-state index contributed by atoms with van der Waals surface area (Å²) in [4.78, 5) is 0. The van der Waals surface area contributed by atoms with Crippen LogP contribution in [0.15, 0.2) is 0 Å². The predicted octanol–water partition coefficient (Wildman–Crippen LogP) is 1.38. The van der Waals surface area contributed by atoms with Crippen LogP contribution in [-0.4, -0.2) is 14.2 Å². The molecule has 0 aliphatic carbocycles. The van der Waals surface area contributed by atoms with Gasteiger partial charge in [-0.1, -0.05) is 19.8 Å². The van der Waals surface area contributed by atoms with Crippen molar-refractivity contribution < 1.29 is 8.42 Å². The molecule has 0 aromatic heterocycles. The molecule has 0 aromatic carbocycles. The Labute approximate surface area is 57.2 Å². The van der Waals surface area contributed by atoms with E-state index in [9.17, 15) is 8.42 Å². The summed E-state index contributed by atoms with van der Waals surface area (Å²) in [6.07, 6.45) is 5.80. The Morgan fingerprint density at radius 2 is 1.89 bits per heavy atom. The molecule has 0 saturated carbocycles. The zero-order valence-corrected chi connectivity index (χ0v) is 6.58. The summed E-state index contributed by atoms with van der Waals surface area (Å²) in [5.74, 6) is 0.237. The van der Waals surface area contributed by atoms with Crippen LogP contribution in [0.5, 0.6) is 0 Å². The number of hydrogen-bond donors (Lipinski definition) is 0. The topological polar surface area (TPSA) is 34.1 Å². The van der Waals surface area contributed by atoms with Crippen molar-refractivity contribution >= 4 is 9.84 Å². The van der Waals surface area contributed by atoms with E-state index in [0.29, 0.717) is 0 Å². The van der Waals surface area contributed by atoms with Gasteiger partial charge in [0.1, 0.15) is 0 Å². The maximum absolute atomic E-state index is 10.4. The number of sulfone groups is 1. The van der Waals surface area contributed by atoms with Gasteiger partial charge in [0, 0.05) is 0 Å². The first-order valence-corrected chi connectivity index (χ1v) is 4.94. The van der Waals surface area contributed by atoms with Crippen LogP contribution < -0.4 is 0 Å². The first-order valence-electron chi connectivity index (χ1n) is 3.12. The molecule has 0 bridgehead atoms. The van der Waals surface area contributed by atoms with Crippen molar-refractivity contribution in [2.24, 2.45) is 0 Å². The Hall–Kier alpha value is -0.0500. The standard InChI is InChI=1S/C6H13O2S/c1-3-4-5-6-9(2,7)8/h2-6H2,1H3. The Morgan fingerprint density at radius 1 is 1.33 bits per heavy atom. The molecule has 0 rings (SSSR count). The molecule has 2 nitrogen and oxygen atoms in total. The maximum Gasteiger partial charge on any atom is 0.151 e. The van der Waals surface area contributed by atoms with Crippen LogP contribution in [0.2, 0.25) is 0 Å². The van der Waals surface area contributed by atoms with Crippen molar-refractivity contribution in [3.8, 4) is 0 Å². The fraction of sp³-hybridized carbons (Fsp3) is 0.833. The van der Waals surface area contributed by atoms with E-state index in [1.165, 1.54) is 0 Å². The summed E-state index contributed by atoms with van der Waals surface area (Å²) in [5.41, 5.74) is 0. The van der Waals surface area contributed by atoms with E-state index < -0.39 is 9.84 Å². The van der Waals surface area contributed by atoms with Gasteiger partial charge in [0.25, 0.3) is 0 Å². The second-order valence-electron chi connectivity index (χ2n) is 2.15. The van der Waals surface area contributed by atoms with Crippen LogP contribution in [0, 0.1) is 6.26 Å². The van der Waals surface area contributed by atoms with Gasteiger partial charge in [-0.25, -0.2) is 8.42 Å². The molecule has 9 heavy (non-hydrogen) atoms. The fourth-order valence-corrected chi connectivity index (χ4v) is 1.22. The average Bonchev–Trinajstić information content (AvgIpc) is 1.63. The predicted molar refractivity (Wildman–Crippen MR) is 38.7 cm³/mol. The number of rotatable bonds is 4. The summed E-state index contributed by atoms with van der Waals surface area (Å²) in [7, 11) is -2.95. The van der Waals surface area contributed by atoms with Crippen LogP contribution in [0.25, 0.3) is 0 Å². The third-order valence-electron chi connectivity index (χ3n) is 1.06. The molecular formula is C6H13O2S. The molecule has 0 aliphatic rings. The van der Waals surface area contributed by atoms with Gasteiger partial charge in [0.15, 0.2) is 9.84 Å². The summed E-state index contributed by atoms with van der Waals surface area (Å²) < 4.78 is 20.8. The lowest BCUT2D eigenvalue weighted by Gasteiger charge is -1.93. The van der Waals surface area contributed by atoms with Crippen molar-refractivity contribution in [3.05, 3.63) is 6.26 Å². The second kappa shape index (κ2) is 3.88. The second-order valence-corrected chi connectivity index (χ2v) is 4.05. The lowest BCUT2D eigenvalue weighted by Crippen LogP contribution is -1.99. The van der Waals surface area contributed by atoms with E-state index in [2.05, 4.69) is 6.26 Å². The Morgan fingerprint density at radius 3 is 2.22 bits per heavy atom. The monoisotopic (exact) mass is 149 g/mol. The molecule has 0 aliphatic heterocycles. The highest BCUT2D eigenvalue weighted by molar-refractivity contribution is 7.92. The lowest BCUT2D eigenvalue weighted by atomic mass is 10.3. The van der Waals surface area contributed by atoms with E-state index in [4.69, 9.17) is 0 Å². The van der Waals surface area contributed by atoms with Gasteiger partial charge in [-0.2, -0.15) is 0 Å². The quantitative estimate of drug-likeness (QED) is 0.566. The average molecular weight is 149 g/mol. The molecule has 0 aromatic rings. The van der Waals surface area contributed by atoms with Crippen LogP contribution in [0.1, 0.15) is 26.2 Å². The van der Waals surface area contributed by atoms with Crippen molar-refractivity contribution in [1.82, 2.24) is 0 Å². The van der Waals surface area contributed by atoms with Crippen molar-refractivity contribution in [3.63, 3.8) is 0 Å². The minimum atomic E-state index is -2.95. The first kappa shape index (κ1) is 8.95. The summed E-state index contributed by atoms with van der Waals surface area (Å²) in [5, 5.41) is 0. The maximum atomic E-state index is 10.4. The summed E-state index contributed by atoms with van der Waals surface area (Å²) in [6, 6.07) is 0. The molecular weight excluding hydrogens is 136 g/mol. The van der Waals surface area contributed by atoms with Gasteiger partial charge >= 0.3 is 0 Å². The zero-order chi connectivity index (χ0) is 7.33. The molecule has 0 N–H and O–H groups in total. The van der Waals surface area contributed by atoms with E-state index in [1.54, 1.807) is 0 Å². The summed E-state index contributed by atoms with van der Waals surface area (Å²) in [6.45, 7) is 2.04. The van der Waals surface area contributed by atoms with Crippen molar-refractivity contribution in [1.29, 1.82) is 0 Å². The smallest absolute Gasteiger partial charge is 0.151 e. The number of unbranched alkanes of at least 4 members (excludes halogenated alkanes) is 2. The molecule has 0 atom stereocenters.